The van der Waals surface area contributed by atoms with Crippen LogP contribution in [0.3, 0.4) is 0 Å². The van der Waals surface area contributed by atoms with E-state index in [1.165, 1.54) is 0 Å². The van der Waals surface area contributed by atoms with Crippen molar-refractivity contribution in [2.45, 2.75) is 31.8 Å². The van der Waals surface area contributed by atoms with Gasteiger partial charge in [0.05, 0.1) is 39.5 Å². The van der Waals surface area contributed by atoms with Crippen LogP contribution >= 0.6 is 23.2 Å². The lowest BCUT2D eigenvalue weighted by Crippen LogP contribution is -2.52. The number of rotatable bonds is 4. The second-order valence-corrected chi connectivity index (χ2v) is 10.1. The van der Waals surface area contributed by atoms with Crippen molar-refractivity contribution >= 4 is 45.8 Å². The number of benzene rings is 2. The molecule has 6 rings (SSSR count). The Bertz CT molecular complexity index is 1570. The van der Waals surface area contributed by atoms with Crippen LogP contribution < -0.4 is 9.47 Å². The first-order chi connectivity index (χ1) is 18.4. The summed E-state index contributed by atoms with van der Waals surface area (Å²) in [4.78, 5) is 32.9. The van der Waals surface area contributed by atoms with Crippen molar-refractivity contribution in [2.75, 3.05) is 19.7 Å². The average Bonchev–Trinajstić information content (AvgIpc) is 3.46. The van der Waals surface area contributed by atoms with Gasteiger partial charge in [0.15, 0.2) is 11.6 Å². The number of halogens is 2. The number of hydrogen-bond donors (Lipinski definition) is 1. The number of nitrogens with zero attached hydrogens (tertiary/aromatic N) is 5. The highest BCUT2D eigenvalue weighted by molar-refractivity contribution is 6.40. The first-order valence-corrected chi connectivity index (χ1v) is 12.9. The number of carbonyl (C=O) groups is 2. The Morgan fingerprint density at radius 1 is 1.16 bits per heavy atom. The van der Waals surface area contributed by atoms with E-state index < -0.39 is 5.60 Å². The van der Waals surface area contributed by atoms with Crippen molar-refractivity contribution in [1.29, 1.82) is 0 Å². The molecule has 1 spiro atoms. The van der Waals surface area contributed by atoms with Crippen molar-refractivity contribution in [3.8, 4) is 22.9 Å². The molecule has 194 valence electrons. The molecule has 0 bridgehead atoms. The molecule has 0 radical (unpaired) electrons. The second kappa shape index (κ2) is 9.52. The molecular formula is C26H22Cl2N6O4. The number of aromatic amines is 1. The number of Topliss-reactive ketones (excluding diaryl/α,β-unsaturated/α-hetero) is 1. The van der Waals surface area contributed by atoms with Crippen LogP contribution in [-0.4, -0.2) is 67.5 Å². The molecule has 0 aliphatic carbocycles. The number of H-pyrrole nitrogens is 1. The Morgan fingerprint density at radius 2 is 1.95 bits per heavy atom. The summed E-state index contributed by atoms with van der Waals surface area (Å²) >= 11 is 12.8. The second-order valence-electron chi connectivity index (χ2n) is 9.33. The van der Waals surface area contributed by atoms with Gasteiger partial charge in [-0.1, -0.05) is 23.2 Å². The van der Waals surface area contributed by atoms with Crippen molar-refractivity contribution in [3.63, 3.8) is 0 Å². The quantitative estimate of drug-likeness (QED) is 0.384. The molecule has 0 saturated carbocycles. The third kappa shape index (κ3) is 4.23. The molecule has 4 aromatic rings. The lowest BCUT2D eigenvalue weighted by Gasteiger charge is -2.43. The largest absolute Gasteiger partial charge is 0.493 e. The summed E-state index contributed by atoms with van der Waals surface area (Å²) in [6.45, 7) is 3.07. The monoisotopic (exact) mass is 552 g/mol. The Balaban J connectivity index is 1.22. The molecule has 2 aromatic heterocycles. The van der Waals surface area contributed by atoms with Crippen LogP contribution in [0.4, 0.5) is 0 Å². The van der Waals surface area contributed by atoms with E-state index in [1.807, 2.05) is 13.0 Å². The molecule has 12 heteroatoms. The highest BCUT2D eigenvalue weighted by atomic mass is 35.5. The molecular weight excluding hydrogens is 531 g/mol. The van der Waals surface area contributed by atoms with Gasteiger partial charge in [0, 0.05) is 37.6 Å². The number of pyridine rings is 1. The van der Waals surface area contributed by atoms with Crippen LogP contribution in [0.25, 0.3) is 22.3 Å². The van der Waals surface area contributed by atoms with Crippen LogP contribution in [-0.2, 0) is 0 Å². The molecule has 0 atom stereocenters. The van der Waals surface area contributed by atoms with Gasteiger partial charge in [-0.3, -0.25) is 9.59 Å². The van der Waals surface area contributed by atoms with Crippen LogP contribution in [0.2, 0.25) is 10.0 Å². The highest BCUT2D eigenvalue weighted by Gasteiger charge is 2.44. The van der Waals surface area contributed by atoms with Gasteiger partial charge in [-0.05, 0) is 47.7 Å². The number of carbonyl (C=O) groups excluding carboxylic acids is 2. The van der Waals surface area contributed by atoms with Crippen LogP contribution in [0.1, 0.15) is 47.0 Å². The van der Waals surface area contributed by atoms with E-state index >= 15 is 0 Å². The fourth-order valence-electron chi connectivity index (χ4n) is 5.09. The number of piperidine rings is 1. The lowest BCUT2D eigenvalue weighted by molar-refractivity contribution is -0.00584. The molecule has 1 saturated heterocycles. The summed E-state index contributed by atoms with van der Waals surface area (Å²) in [6, 6.07) is 10.3. The SMILES string of the molecule is CCOc1cc(C(=O)N2CCC3(CC2)CC(=O)c2cc(-c4nnn[nH]4)ccc2O3)nc2c(Cl)ccc(Cl)c12. The van der Waals surface area contributed by atoms with Crippen LogP contribution in [0.15, 0.2) is 36.4 Å². The van der Waals surface area contributed by atoms with Gasteiger partial charge < -0.3 is 14.4 Å². The number of likely N-dealkylation sites (tertiary alicyclic amines) is 1. The summed E-state index contributed by atoms with van der Waals surface area (Å²) in [5.74, 6) is 1.21. The van der Waals surface area contributed by atoms with Crippen LogP contribution in [0.5, 0.6) is 11.5 Å². The van der Waals surface area contributed by atoms with Gasteiger partial charge >= 0.3 is 0 Å². The molecule has 2 aliphatic rings. The molecule has 1 N–H and O–H groups in total. The zero-order valence-corrected chi connectivity index (χ0v) is 21.8. The number of amides is 1. The van der Waals surface area contributed by atoms with Gasteiger partial charge in [0.2, 0.25) is 0 Å². The van der Waals surface area contributed by atoms with Crippen molar-refractivity contribution in [1.82, 2.24) is 30.5 Å². The molecule has 1 amide bonds. The summed E-state index contributed by atoms with van der Waals surface area (Å²) in [5.41, 5.74) is 1.18. The predicted molar refractivity (Wildman–Crippen MR) is 140 cm³/mol. The zero-order chi connectivity index (χ0) is 26.4. The van der Waals surface area contributed by atoms with E-state index in [0.717, 1.165) is 0 Å². The number of ether oxygens (including phenoxy) is 2. The Hall–Kier alpha value is -3.76. The third-order valence-electron chi connectivity index (χ3n) is 7.01. The smallest absolute Gasteiger partial charge is 0.272 e. The molecule has 0 unspecified atom stereocenters. The molecule has 10 nitrogen and oxygen atoms in total. The summed E-state index contributed by atoms with van der Waals surface area (Å²) in [5, 5.41) is 15.2. The minimum absolute atomic E-state index is 0.00979. The van der Waals surface area contributed by atoms with Gasteiger partial charge in [-0.25, -0.2) is 10.1 Å². The van der Waals surface area contributed by atoms with Gasteiger partial charge in [0.1, 0.15) is 22.8 Å². The van der Waals surface area contributed by atoms with E-state index in [0.29, 0.717) is 81.9 Å². The van der Waals surface area contributed by atoms with E-state index in [1.54, 1.807) is 35.2 Å². The number of aromatic nitrogens is 5. The molecule has 2 aromatic carbocycles. The van der Waals surface area contributed by atoms with E-state index in [2.05, 4.69) is 25.6 Å². The Morgan fingerprint density at radius 3 is 2.68 bits per heavy atom. The fourth-order valence-corrected chi connectivity index (χ4v) is 5.54. The molecule has 38 heavy (non-hydrogen) atoms. The van der Waals surface area contributed by atoms with E-state index in [4.69, 9.17) is 32.7 Å². The van der Waals surface area contributed by atoms with E-state index in [9.17, 15) is 9.59 Å². The van der Waals surface area contributed by atoms with Gasteiger partial charge in [0.25, 0.3) is 5.91 Å². The predicted octanol–water partition coefficient (Wildman–Crippen LogP) is 4.76. The summed E-state index contributed by atoms with van der Waals surface area (Å²) < 4.78 is 12.2. The maximum Gasteiger partial charge on any atom is 0.272 e. The summed E-state index contributed by atoms with van der Waals surface area (Å²) in [7, 11) is 0. The maximum absolute atomic E-state index is 13.5. The number of tetrazole rings is 1. The average molecular weight is 553 g/mol. The minimum atomic E-state index is -0.666. The Kier molecular flexibility index (Phi) is 6.16. The first-order valence-electron chi connectivity index (χ1n) is 12.2. The molecule has 4 heterocycles. The van der Waals surface area contributed by atoms with Gasteiger partial charge in [-0.15, -0.1) is 5.10 Å². The zero-order valence-electron chi connectivity index (χ0n) is 20.3. The van der Waals surface area contributed by atoms with E-state index in [-0.39, 0.29) is 23.8 Å². The first kappa shape index (κ1) is 24.6. The van der Waals surface area contributed by atoms with Crippen molar-refractivity contribution in [3.05, 3.63) is 57.7 Å². The van der Waals surface area contributed by atoms with Crippen molar-refractivity contribution in [2.24, 2.45) is 0 Å². The highest BCUT2D eigenvalue weighted by Crippen LogP contribution is 2.41. The molecule has 1 fully saturated rings. The standard InChI is InChI=1S/C26H22Cl2N6O4/c1-2-37-21-12-18(29-23-17(28)5-4-16(27)22(21)23)25(36)34-9-7-26(8-10-34)13-19(35)15-11-14(3-6-20(15)38-26)24-30-32-33-31-24/h3-6,11-12H,2,7-10,13H2,1H3,(H,30,31,32,33). The number of hydrogen-bond acceptors (Lipinski definition) is 8. The van der Waals surface area contributed by atoms with Crippen molar-refractivity contribution < 1.29 is 19.1 Å². The third-order valence-corrected chi connectivity index (χ3v) is 7.63. The fraction of sp³-hybridized carbons (Fsp3) is 0.308. The Labute approximate surface area is 227 Å². The topological polar surface area (TPSA) is 123 Å². The molecule has 2 aliphatic heterocycles. The maximum atomic E-state index is 13.5. The minimum Gasteiger partial charge on any atom is -0.493 e. The lowest BCUT2D eigenvalue weighted by atomic mass is 9.82. The number of nitrogens with one attached hydrogen (secondary N) is 1. The van der Waals surface area contributed by atoms with Crippen LogP contribution in [0, 0.1) is 0 Å². The number of fused-ring (bicyclic) bond motifs is 2. The number of ketones is 1. The van der Waals surface area contributed by atoms with Gasteiger partial charge in [-0.2, -0.15) is 0 Å². The summed E-state index contributed by atoms with van der Waals surface area (Å²) in [6.07, 6.45) is 1.25. The normalized spacial score (nSPS) is 16.4.